The number of nitrogens with one attached hydrogen (secondary N) is 1. The quantitative estimate of drug-likeness (QED) is 0.353. The minimum absolute atomic E-state index is 0.450. The summed E-state index contributed by atoms with van der Waals surface area (Å²) in [4.78, 5) is 9.12. The lowest BCUT2D eigenvalue weighted by Crippen LogP contribution is -2.12. The Morgan fingerprint density at radius 1 is 0.882 bits per heavy atom. The van der Waals surface area contributed by atoms with Crippen LogP contribution in [-0.2, 0) is 6.61 Å². The summed E-state index contributed by atoms with van der Waals surface area (Å²) in [6.07, 6.45) is 11.5. The largest absolute Gasteiger partial charge is 0.489 e. The van der Waals surface area contributed by atoms with E-state index in [1.807, 2.05) is 47.2 Å². The SMILES string of the molecule is c1ccc(COc2ccc(-c3cnc4c(-c5ncn[nH]5)cnn4c3C3CCCCC3)cc2)cc1. The van der Waals surface area contributed by atoms with Gasteiger partial charge in [-0.25, -0.2) is 14.5 Å². The zero-order chi connectivity index (χ0) is 22.7. The van der Waals surface area contributed by atoms with E-state index in [0.717, 1.165) is 33.7 Å². The lowest BCUT2D eigenvalue weighted by atomic mass is 9.84. The third kappa shape index (κ3) is 3.94. The lowest BCUT2D eigenvalue weighted by molar-refractivity contribution is 0.306. The van der Waals surface area contributed by atoms with Crippen molar-refractivity contribution in [1.82, 2.24) is 29.8 Å². The van der Waals surface area contributed by atoms with Gasteiger partial charge in [0.1, 0.15) is 18.7 Å². The van der Waals surface area contributed by atoms with Crippen LogP contribution < -0.4 is 4.74 Å². The molecular formula is C27H26N6O. The fraction of sp³-hybridized carbons (Fsp3) is 0.259. The monoisotopic (exact) mass is 450 g/mol. The summed E-state index contributed by atoms with van der Waals surface area (Å²) < 4.78 is 8.01. The van der Waals surface area contributed by atoms with Crippen molar-refractivity contribution in [3.05, 3.63) is 84.6 Å². The standard InChI is InChI=1S/C27H26N6O/c1-3-7-19(8-4-1)17-34-22-13-11-20(12-14-22)23-15-28-27-24(26-29-18-30-32-26)16-31-33(27)25(23)21-9-5-2-6-10-21/h1,3-4,7-8,11-16,18,21H,2,5-6,9-10,17H2,(H,29,30,32). The van der Waals surface area contributed by atoms with Gasteiger partial charge in [0, 0.05) is 17.7 Å². The molecule has 34 heavy (non-hydrogen) atoms. The molecule has 6 rings (SSSR count). The van der Waals surface area contributed by atoms with Crippen LogP contribution >= 0.6 is 0 Å². The van der Waals surface area contributed by atoms with Gasteiger partial charge in [0.05, 0.1) is 17.5 Å². The second-order valence-corrected chi connectivity index (χ2v) is 8.82. The molecule has 1 fully saturated rings. The summed E-state index contributed by atoms with van der Waals surface area (Å²) in [7, 11) is 0. The second-order valence-electron chi connectivity index (χ2n) is 8.82. The number of ether oxygens (including phenoxy) is 1. The molecule has 1 aliphatic carbocycles. The first-order chi connectivity index (χ1) is 16.9. The van der Waals surface area contributed by atoms with E-state index < -0.39 is 0 Å². The van der Waals surface area contributed by atoms with Crippen molar-refractivity contribution in [3.63, 3.8) is 0 Å². The number of hydrogen-bond acceptors (Lipinski definition) is 5. The maximum absolute atomic E-state index is 5.99. The number of H-pyrrole nitrogens is 1. The Bertz CT molecular complexity index is 1370. The first-order valence-corrected chi connectivity index (χ1v) is 11.9. The molecule has 7 nitrogen and oxygen atoms in total. The van der Waals surface area contributed by atoms with Crippen LogP contribution in [0.4, 0.5) is 0 Å². The molecule has 1 aliphatic rings. The normalized spacial score (nSPS) is 14.5. The summed E-state index contributed by atoms with van der Waals surface area (Å²) in [6, 6.07) is 18.5. The van der Waals surface area contributed by atoms with E-state index in [1.165, 1.54) is 44.1 Å². The molecule has 0 unspecified atom stereocenters. The number of aromatic nitrogens is 6. The van der Waals surface area contributed by atoms with Gasteiger partial charge in [0.25, 0.3) is 0 Å². The predicted octanol–water partition coefficient (Wildman–Crippen LogP) is 5.81. The minimum Gasteiger partial charge on any atom is -0.489 e. The number of aromatic amines is 1. The molecular weight excluding hydrogens is 424 g/mol. The highest BCUT2D eigenvalue weighted by Crippen LogP contribution is 2.39. The first-order valence-electron chi connectivity index (χ1n) is 11.9. The summed E-state index contributed by atoms with van der Waals surface area (Å²) in [5, 5.41) is 11.7. The molecule has 0 atom stereocenters. The van der Waals surface area contributed by atoms with E-state index in [-0.39, 0.29) is 0 Å². The number of hydrogen-bond donors (Lipinski definition) is 1. The molecule has 1 N–H and O–H groups in total. The Morgan fingerprint density at radius 2 is 1.71 bits per heavy atom. The van der Waals surface area contributed by atoms with Gasteiger partial charge in [-0.1, -0.05) is 61.7 Å². The Labute approximate surface area is 197 Å². The van der Waals surface area contributed by atoms with Crippen molar-refractivity contribution in [2.75, 3.05) is 0 Å². The number of nitrogens with zero attached hydrogens (tertiary/aromatic N) is 5. The van der Waals surface area contributed by atoms with Crippen LogP contribution in [0.25, 0.3) is 28.2 Å². The van der Waals surface area contributed by atoms with Crippen molar-refractivity contribution < 1.29 is 4.74 Å². The van der Waals surface area contributed by atoms with Crippen LogP contribution in [0.5, 0.6) is 5.75 Å². The number of rotatable bonds is 6. The molecule has 0 bridgehead atoms. The third-order valence-corrected chi connectivity index (χ3v) is 6.64. The van der Waals surface area contributed by atoms with Crippen molar-refractivity contribution in [2.45, 2.75) is 44.6 Å². The van der Waals surface area contributed by atoms with Crippen LogP contribution in [0.1, 0.15) is 49.3 Å². The van der Waals surface area contributed by atoms with E-state index in [1.54, 1.807) is 0 Å². The van der Waals surface area contributed by atoms with Gasteiger partial charge in [-0.05, 0) is 36.1 Å². The fourth-order valence-electron chi connectivity index (χ4n) is 4.91. The van der Waals surface area contributed by atoms with Crippen LogP contribution in [0, 0.1) is 0 Å². The molecule has 2 aromatic carbocycles. The highest BCUT2D eigenvalue weighted by molar-refractivity contribution is 5.75. The van der Waals surface area contributed by atoms with Gasteiger partial charge in [0.15, 0.2) is 11.5 Å². The van der Waals surface area contributed by atoms with Gasteiger partial charge >= 0.3 is 0 Å². The third-order valence-electron chi connectivity index (χ3n) is 6.64. The summed E-state index contributed by atoms with van der Waals surface area (Å²) in [5.74, 6) is 1.99. The van der Waals surface area contributed by atoms with Crippen LogP contribution in [0.15, 0.2) is 73.3 Å². The smallest absolute Gasteiger partial charge is 0.166 e. The molecule has 0 saturated heterocycles. The molecule has 1 saturated carbocycles. The summed E-state index contributed by atoms with van der Waals surface area (Å²) in [6.45, 7) is 0.554. The Morgan fingerprint density at radius 3 is 2.47 bits per heavy atom. The van der Waals surface area contributed by atoms with Gasteiger partial charge in [-0.3, -0.25) is 5.10 Å². The lowest BCUT2D eigenvalue weighted by Gasteiger charge is -2.25. The minimum atomic E-state index is 0.450. The van der Waals surface area contributed by atoms with Crippen molar-refractivity contribution >= 4 is 5.65 Å². The molecule has 7 heteroatoms. The average Bonchev–Trinajstić information content (AvgIpc) is 3.58. The Hall–Kier alpha value is -4.00. The van der Waals surface area contributed by atoms with Crippen LogP contribution in [0.2, 0.25) is 0 Å². The Balaban J connectivity index is 1.36. The molecule has 3 heterocycles. The van der Waals surface area contributed by atoms with E-state index in [4.69, 9.17) is 14.8 Å². The molecule has 0 amide bonds. The summed E-state index contributed by atoms with van der Waals surface area (Å²) in [5.41, 5.74) is 6.31. The van der Waals surface area contributed by atoms with Crippen molar-refractivity contribution in [2.24, 2.45) is 0 Å². The summed E-state index contributed by atoms with van der Waals surface area (Å²) >= 11 is 0. The molecule has 170 valence electrons. The zero-order valence-electron chi connectivity index (χ0n) is 18.9. The van der Waals surface area contributed by atoms with E-state index in [2.05, 4.69) is 39.4 Å². The maximum Gasteiger partial charge on any atom is 0.166 e. The molecule has 0 radical (unpaired) electrons. The maximum atomic E-state index is 5.99. The fourth-order valence-corrected chi connectivity index (χ4v) is 4.91. The number of fused-ring (bicyclic) bond motifs is 1. The van der Waals surface area contributed by atoms with Crippen LogP contribution in [0.3, 0.4) is 0 Å². The molecule has 5 aromatic rings. The van der Waals surface area contributed by atoms with Crippen molar-refractivity contribution in [3.8, 4) is 28.3 Å². The Kier molecular flexibility index (Phi) is 5.51. The van der Waals surface area contributed by atoms with E-state index >= 15 is 0 Å². The highest BCUT2D eigenvalue weighted by atomic mass is 16.5. The van der Waals surface area contributed by atoms with E-state index in [9.17, 15) is 0 Å². The van der Waals surface area contributed by atoms with Crippen molar-refractivity contribution in [1.29, 1.82) is 0 Å². The highest BCUT2D eigenvalue weighted by Gasteiger charge is 2.25. The molecule has 0 aliphatic heterocycles. The first kappa shape index (κ1) is 20.6. The molecule has 0 spiro atoms. The van der Waals surface area contributed by atoms with Crippen LogP contribution in [-0.4, -0.2) is 29.8 Å². The second kappa shape index (κ2) is 9.09. The topological polar surface area (TPSA) is 81.0 Å². The van der Waals surface area contributed by atoms with Gasteiger partial charge in [-0.2, -0.15) is 10.2 Å². The van der Waals surface area contributed by atoms with E-state index in [0.29, 0.717) is 18.3 Å². The number of benzene rings is 2. The molecule has 3 aromatic heterocycles. The van der Waals surface area contributed by atoms with Gasteiger partial charge < -0.3 is 4.74 Å². The zero-order valence-corrected chi connectivity index (χ0v) is 18.9. The van der Waals surface area contributed by atoms with Gasteiger partial charge in [-0.15, -0.1) is 0 Å². The average molecular weight is 451 g/mol. The van der Waals surface area contributed by atoms with Gasteiger partial charge in [0.2, 0.25) is 0 Å². The predicted molar refractivity (Wildman–Crippen MR) is 130 cm³/mol.